The topological polar surface area (TPSA) is 9.23 Å². The summed E-state index contributed by atoms with van der Waals surface area (Å²) in [7, 11) is -1.95. The van der Waals surface area contributed by atoms with E-state index in [-0.39, 0.29) is 6.10 Å². The highest BCUT2D eigenvalue weighted by Crippen LogP contribution is 2.74. The van der Waals surface area contributed by atoms with Crippen molar-refractivity contribution < 1.29 is 4.74 Å². The predicted molar refractivity (Wildman–Crippen MR) is 98.3 cm³/mol. The Labute approximate surface area is 127 Å². The second-order valence-electron chi connectivity index (χ2n) is 6.92. The largest absolute Gasteiger partial charge is 0.333 e. The van der Waals surface area contributed by atoms with Gasteiger partial charge in [0.25, 0.3) is 0 Å². The third-order valence-corrected chi connectivity index (χ3v) is 15.6. The molecule has 0 atom stereocenters. The molecule has 0 amide bonds. The van der Waals surface area contributed by atoms with E-state index in [0.717, 1.165) is 4.38 Å². The molecule has 0 aliphatic heterocycles. The summed E-state index contributed by atoms with van der Waals surface area (Å²) in [5, 5.41) is 2.29. The van der Waals surface area contributed by atoms with Gasteiger partial charge in [0, 0.05) is 0 Å². The normalized spacial score (nSPS) is 15.7. The van der Waals surface area contributed by atoms with E-state index in [9.17, 15) is 0 Å². The zero-order valence-electron chi connectivity index (χ0n) is 14.7. The zero-order chi connectivity index (χ0) is 15.6. The number of thiol groups is 1. The van der Waals surface area contributed by atoms with Crippen LogP contribution in [0.2, 0.25) is 0 Å². The van der Waals surface area contributed by atoms with Crippen LogP contribution in [0.4, 0.5) is 0 Å². The van der Waals surface area contributed by atoms with E-state index in [0.29, 0.717) is 21.0 Å². The first-order valence-electron chi connectivity index (χ1n) is 7.58. The van der Waals surface area contributed by atoms with Crippen molar-refractivity contribution in [2.24, 2.45) is 0 Å². The Hall–Kier alpha value is 0.530. The summed E-state index contributed by atoms with van der Waals surface area (Å²) in [6, 6.07) is 0. The van der Waals surface area contributed by atoms with Crippen molar-refractivity contribution in [2.45, 2.75) is 96.3 Å². The highest BCUT2D eigenvalue weighted by Gasteiger charge is 2.48. The molecule has 0 aliphatic carbocycles. The monoisotopic (exact) mass is 308 g/mol. The SMILES string of the molecule is CC(C)OC(S)=S(C(C)C)(C(C)C)(C(C)C)C(C)C. The first-order chi connectivity index (χ1) is 8.46. The van der Waals surface area contributed by atoms with Crippen LogP contribution in [0, 0.1) is 0 Å². The smallest absolute Gasteiger partial charge is 0.117 e. The average Bonchev–Trinajstić information content (AvgIpc) is 2.14. The molecular formula is C16H36OS2. The van der Waals surface area contributed by atoms with E-state index in [1.807, 2.05) is 0 Å². The molecule has 0 aromatic rings. The molecule has 3 heteroatoms. The van der Waals surface area contributed by atoms with Crippen molar-refractivity contribution in [1.29, 1.82) is 0 Å². The minimum Gasteiger partial charge on any atom is -0.333 e. The first kappa shape index (κ1) is 19.5. The van der Waals surface area contributed by atoms with Crippen LogP contribution >= 0.6 is 21.4 Å². The van der Waals surface area contributed by atoms with Crippen molar-refractivity contribution in [2.75, 3.05) is 0 Å². The molecule has 0 bridgehead atoms. The van der Waals surface area contributed by atoms with E-state index in [1.54, 1.807) is 0 Å². The standard InChI is InChI=1S/C16H36OS2/c1-11(2)17-16(18)19(12(3)4,13(5)6,14(7)8)15(9)10/h11-15,18H,1-10H3. The number of ether oxygens (including phenoxy) is 1. The highest BCUT2D eigenvalue weighted by atomic mass is 32.3. The Bertz CT molecular complexity index is 309. The fourth-order valence-electron chi connectivity index (χ4n) is 4.39. The van der Waals surface area contributed by atoms with Crippen LogP contribution in [-0.4, -0.2) is 31.5 Å². The van der Waals surface area contributed by atoms with Gasteiger partial charge in [-0.25, -0.2) is 8.75 Å². The molecule has 0 aromatic carbocycles. The molecular weight excluding hydrogens is 272 g/mol. The quantitative estimate of drug-likeness (QED) is 0.528. The van der Waals surface area contributed by atoms with Gasteiger partial charge in [-0.1, -0.05) is 55.4 Å². The van der Waals surface area contributed by atoms with Gasteiger partial charge in [0.15, 0.2) is 0 Å². The van der Waals surface area contributed by atoms with E-state index in [2.05, 4.69) is 69.2 Å². The van der Waals surface area contributed by atoms with Gasteiger partial charge in [-0.3, -0.25) is 0 Å². The fourth-order valence-corrected chi connectivity index (χ4v) is 15.7. The Morgan fingerprint density at radius 1 is 0.684 bits per heavy atom. The van der Waals surface area contributed by atoms with Gasteiger partial charge < -0.3 is 4.74 Å². The molecule has 0 N–H and O–H groups in total. The summed E-state index contributed by atoms with van der Waals surface area (Å²) < 4.78 is 7.22. The summed E-state index contributed by atoms with van der Waals surface area (Å²) in [5.41, 5.74) is 0. The lowest BCUT2D eigenvalue weighted by Crippen LogP contribution is -2.45. The Morgan fingerprint density at radius 3 is 1.11 bits per heavy atom. The summed E-state index contributed by atoms with van der Waals surface area (Å²) in [6.07, 6.45) is 0.193. The van der Waals surface area contributed by atoms with Crippen molar-refractivity contribution in [3.63, 3.8) is 0 Å². The maximum atomic E-state index is 6.19. The van der Waals surface area contributed by atoms with Crippen LogP contribution < -0.4 is 0 Å². The third kappa shape index (κ3) is 2.55. The molecule has 0 aromatic heterocycles. The average molecular weight is 309 g/mol. The number of hydrogen-bond acceptors (Lipinski definition) is 1. The lowest BCUT2D eigenvalue weighted by Gasteiger charge is -2.64. The van der Waals surface area contributed by atoms with Crippen LogP contribution in [0.25, 0.3) is 0 Å². The second kappa shape index (κ2) is 6.53. The van der Waals surface area contributed by atoms with Crippen LogP contribution in [0.15, 0.2) is 0 Å². The van der Waals surface area contributed by atoms with Gasteiger partial charge >= 0.3 is 0 Å². The second-order valence-corrected chi connectivity index (χ2v) is 14.3. The molecule has 0 heterocycles. The van der Waals surface area contributed by atoms with Gasteiger partial charge in [0.05, 0.1) is 6.10 Å². The molecule has 0 fully saturated rings. The summed E-state index contributed by atoms with van der Waals surface area (Å²) in [4.78, 5) is 0. The van der Waals surface area contributed by atoms with E-state index < -0.39 is 8.75 Å². The number of hydrogen-bond donors (Lipinski definition) is 1. The maximum absolute atomic E-state index is 6.19. The van der Waals surface area contributed by atoms with Gasteiger partial charge in [0.1, 0.15) is 4.38 Å². The van der Waals surface area contributed by atoms with Gasteiger partial charge in [-0.15, -0.1) is 12.6 Å². The molecule has 0 spiro atoms. The summed E-state index contributed by atoms with van der Waals surface area (Å²) in [6.45, 7) is 23.1. The third-order valence-electron chi connectivity index (χ3n) is 4.95. The van der Waals surface area contributed by atoms with Gasteiger partial charge in [0.2, 0.25) is 0 Å². The van der Waals surface area contributed by atoms with Crippen molar-refractivity contribution in [3.05, 3.63) is 0 Å². The van der Waals surface area contributed by atoms with Crippen molar-refractivity contribution >= 4 is 25.8 Å². The van der Waals surface area contributed by atoms with Crippen LogP contribution in [-0.2, 0) is 4.74 Å². The maximum Gasteiger partial charge on any atom is 0.117 e. The Kier molecular flexibility index (Phi) is 6.71. The minimum atomic E-state index is -1.95. The highest BCUT2D eigenvalue weighted by molar-refractivity contribution is 8.54. The summed E-state index contributed by atoms with van der Waals surface area (Å²) in [5.74, 6) is 0. The zero-order valence-corrected chi connectivity index (χ0v) is 16.4. The van der Waals surface area contributed by atoms with E-state index >= 15 is 0 Å². The van der Waals surface area contributed by atoms with Gasteiger partial charge in [-0.2, -0.15) is 0 Å². The molecule has 19 heavy (non-hydrogen) atoms. The van der Waals surface area contributed by atoms with Crippen LogP contribution in [0.3, 0.4) is 0 Å². The van der Waals surface area contributed by atoms with Crippen molar-refractivity contribution in [1.82, 2.24) is 0 Å². The molecule has 0 rings (SSSR count). The molecule has 0 saturated heterocycles. The van der Waals surface area contributed by atoms with E-state index in [4.69, 9.17) is 17.4 Å². The molecule has 0 unspecified atom stereocenters. The van der Waals surface area contributed by atoms with E-state index in [1.165, 1.54) is 0 Å². The lowest BCUT2D eigenvalue weighted by atomic mass is 10.5. The lowest BCUT2D eigenvalue weighted by molar-refractivity contribution is 0.242. The molecule has 0 saturated carbocycles. The molecule has 0 aliphatic rings. The molecule has 0 radical (unpaired) electrons. The van der Waals surface area contributed by atoms with Crippen LogP contribution in [0.5, 0.6) is 0 Å². The van der Waals surface area contributed by atoms with Gasteiger partial charge in [-0.05, 0) is 34.8 Å². The molecule has 118 valence electrons. The summed E-state index contributed by atoms with van der Waals surface area (Å²) >= 11 is 4.94. The number of rotatable bonds is 5. The van der Waals surface area contributed by atoms with Crippen LogP contribution in [0.1, 0.15) is 69.2 Å². The minimum absolute atomic E-state index is 0.193. The Morgan fingerprint density at radius 2 is 0.947 bits per heavy atom. The first-order valence-corrected chi connectivity index (χ1v) is 10.3. The van der Waals surface area contributed by atoms with Crippen molar-refractivity contribution in [3.8, 4) is 0 Å². The molecule has 1 nitrogen and oxygen atoms in total. The fraction of sp³-hybridized carbons (Fsp3) is 0.938. The predicted octanol–water partition coefficient (Wildman–Crippen LogP) is 5.40. The Balaban J connectivity index is 6.74.